The Kier molecular flexibility index (Phi) is 4.69. The van der Waals surface area contributed by atoms with Crippen LogP contribution in [0.25, 0.3) is 0 Å². The van der Waals surface area contributed by atoms with Crippen molar-refractivity contribution in [2.75, 3.05) is 0 Å². The standard InChI is InChI=1S/C16H17O5P/c1-11-9-14(10-12(2)13(11)3)16(17)21-22(18,19)20-15-7-5-4-6-8-15/h4-10H,1-3H3,(H,18,19). The van der Waals surface area contributed by atoms with Gasteiger partial charge in [0.05, 0.1) is 5.56 Å². The zero-order valence-corrected chi connectivity index (χ0v) is 13.5. The molecule has 6 heteroatoms. The van der Waals surface area contributed by atoms with Crippen molar-refractivity contribution in [1.82, 2.24) is 0 Å². The molecular weight excluding hydrogens is 303 g/mol. The van der Waals surface area contributed by atoms with Crippen LogP contribution >= 0.6 is 7.82 Å². The molecule has 2 aromatic carbocycles. The third kappa shape index (κ3) is 3.97. The highest BCUT2D eigenvalue weighted by molar-refractivity contribution is 7.48. The Labute approximate surface area is 129 Å². The summed E-state index contributed by atoms with van der Waals surface area (Å²) in [7, 11) is -4.53. The number of carbonyl (C=O) groups excluding carboxylic acids is 1. The summed E-state index contributed by atoms with van der Waals surface area (Å²) >= 11 is 0. The van der Waals surface area contributed by atoms with E-state index in [0.29, 0.717) is 0 Å². The van der Waals surface area contributed by atoms with Gasteiger partial charge in [0.25, 0.3) is 0 Å². The average molecular weight is 320 g/mol. The fourth-order valence-corrected chi connectivity index (χ4v) is 2.68. The Morgan fingerprint density at radius 3 is 2.14 bits per heavy atom. The SMILES string of the molecule is Cc1cc(C(=O)OP(=O)(O)Oc2ccccc2)cc(C)c1C. The molecule has 22 heavy (non-hydrogen) atoms. The molecule has 0 aliphatic heterocycles. The first kappa shape index (κ1) is 16.3. The van der Waals surface area contributed by atoms with Crippen LogP contribution in [0.4, 0.5) is 0 Å². The molecule has 1 N–H and O–H groups in total. The minimum absolute atomic E-state index is 0.150. The van der Waals surface area contributed by atoms with Crippen molar-refractivity contribution < 1.29 is 23.3 Å². The number of phosphoric acid groups is 1. The fraction of sp³-hybridized carbons (Fsp3) is 0.188. The zero-order valence-electron chi connectivity index (χ0n) is 12.6. The summed E-state index contributed by atoms with van der Waals surface area (Å²) in [5.74, 6) is -0.745. The average Bonchev–Trinajstić information content (AvgIpc) is 2.44. The number of benzene rings is 2. The van der Waals surface area contributed by atoms with Crippen LogP contribution in [0, 0.1) is 20.8 Å². The van der Waals surface area contributed by atoms with Gasteiger partial charge in [0, 0.05) is 0 Å². The van der Waals surface area contributed by atoms with Crippen molar-refractivity contribution in [3.63, 3.8) is 0 Å². The van der Waals surface area contributed by atoms with Gasteiger partial charge >= 0.3 is 13.8 Å². The first-order valence-corrected chi connectivity index (χ1v) is 8.17. The van der Waals surface area contributed by atoms with Crippen LogP contribution in [0.5, 0.6) is 5.75 Å². The first-order valence-electron chi connectivity index (χ1n) is 6.68. The first-order chi connectivity index (χ1) is 10.3. The molecule has 0 aromatic heterocycles. The Morgan fingerprint density at radius 1 is 1.05 bits per heavy atom. The summed E-state index contributed by atoms with van der Waals surface area (Å²) < 4.78 is 21.4. The van der Waals surface area contributed by atoms with E-state index in [1.165, 1.54) is 12.1 Å². The Balaban J connectivity index is 2.16. The van der Waals surface area contributed by atoms with Crippen LogP contribution in [-0.4, -0.2) is 10.9 Å². The Morgan fingerprint density at radius 2 is 1.59 bits per heavy atom. The van der Waals surface area contributed by atoms with Gasteiger partial charge in [-0.25, -0.2) is 9.36 Å². The quantitative estimate of drug-likeness (QED) is 0.864. The third-order valence-electron chi connectivity index (χ3n) is 3.32. The van der Waals surface area contributed by atoms with Gasteiger partial charge in [-0.2, -0.15) is 0 Å². The lowest BCUT2D eigenvalue weighted by Crippen LogP contribution is -2.08. The largest absolute Gasteiger partial charge is 0.587 e. The van der Waals surface area contributed by atoms with Crippen molar-refractivity contribution in [2.45, 2.75) is 20.8 Å². The predicted octanol–water partition coefficient (Wildman–Crippen LogP) is 3.95. The zero-order chi connectivity index (χ0) is 16.3. The van der Waals surface area contributed by atoms with Gasteiger partial charge in [-0.05, 0) is 61.7 Å². The topological polar surface area (TPSA) is 72.8 Å². The second-order valence-corrected chi connectivity index (χ2v) is 6.29. The van der Waals surface area contributed by atoms with Crippen LogP contribution in [0.1, 0.15) is 27.0 Å². The van der Waals surface area contributed by atoms with Gasteiger partial charge in [0.1, 0.15) is 5.75 Å². The van der Waals surface area contributed by atoms with E-state index in [2.05, 4.69) is 4.52 Å². The van der Waals surface area contributed by atoms with Crippen LogP contribution < -0.4 is 4.52 Å². The molecule has 2 aromatic rings. The summed E-state index contributed by atoms with van der Waals surface area (Å²) in [6.45, 7) is 5.66. The highest BCUT2D eigenvalue weighted by Gasteiger charge is 2.29. The molecule has 0 spiro atoms. The lowest BCUT2D eigenvalue weighted by molar-refractivity contribution is 0.0683. The lowest BCUT2D eigenvalue weighted by Gasteiger charge is -2.13. The maximum absolute atomic E-state index is 12.0. The second kappa shape index (κ2) is 6.34. The number of hydrogen-bond donors (Lipinski definition) is 1. The Hall–Kier alpha value is -2.10. The van der Waals surface area contributed by atoms with Crippen molar-refractivity contribution in [2.24, 2.45) is 0 Å². The molecule has 0 saturated carbocycles. The van der Waals surface area contributed by atoms with Gasteiger partial charge in [0.2, 0.25) is 0 Å². The van der Waals surface area contributed by atoms with Gasteiger partial charge in [-0.15, -0.1) is 0 Å². The van der Waals surface area contributed by atoms with E-state index < -0.39 is 13.8 Å². The molecule has 0 heterocycles. The van der Waals surface area contributed by atoms with Crippen molar-refractivity contribution >= 4 is 13.8 Å². The van der Waals surface area contributed by atoms with Crippen LogP contribution in [-0.2, 0) is 9.09 Å². The van der Waals surface area contributed by atoms with Gasteiger partial charge in [0.15, 0.2) is 0 Å². The summed E-state index contributed by atoms with van der Waals surface area (Å²) in [4.78, 5) is 21.7. The van der Waals surface area contributed by atoms with E-state index in [-0.39, 0.29) is 11.3 Å². The third-order valence-corrected chi connectivity index (χ3v) is 4.16. The van der Waals surface area contributed by atoms with Crippen molar-refractivity contribution in [3.05, 3.63) is 64.7 Å². The van der Waals surface area contributed by atoms with Crippen molar-refractivity contribution in [1.29, 1.82) is 0 Å². The smallest absolute Gasteiger partial charge is 0.395 e. The number of phosphoric ester groups is 1. The lowest BCUT2D eigenvalue weighted by atomic mass is 10.0. The van der Waals surface area contributed by atoms with Crippen molar-refractivity contribution in [3.8, 4) is 5.75 Å². The number of carbonyl (C=O) groups is 1. The highest BCUT2D eigenvalue weighted by Crippen LogP contribution is 2.44. The van der Waals surface area contributed by atoms with E-state index in [0.717, 1.165) is 16.7 Å². The molecule has 5 nitrogen and oxygen atoms in total. The number of para-hydroxylation sites is 1. The van der Waals surface area contributed by atoms with Crippen LogP contribution in [0.3, 0.4) is 0 Å². The molecule has 0 aliphatic carbocycles. The van der Waals surface area contributed by atoms with Gasteiger partial charge in [-0.1, -0.05) is 18.2 Å². The van der Waals surface area contributed by atoms with Gasteiger partial charge < -0.3 is 9.05 Å². The molecule has 0 bridgehead atoms. The Bertz CT molecular complexity index is 716. The summed E-state index contributed by atoms with van der Waals surface area (Å²) in [6, 6.07) is 11.3. The molecule has 0 saturated heterocycles. The van der Waals surface area contributed by atoms with E-state index in [9.17, 15) is 14.3 Å². The van der Waals surface area contributed by atoms with Crippen LogP contribution in [0.2, 0.25) is 0 Å². The van der Waals surface area contributed by atoms with E-state index >= 15 is 0 Å². The molecule has 0 amide bonds. The number of hydrogen-bond acceptors (Lipinski definition) is 4. The molecule has 2 rings (SSSR count). The van der Waals surface area contributed by atoms with E-state index in [1.54, 1.807) is 30.3 Å². The van der Waals surface area contributed by atoms with E-state index in [1.807, 2.05) is 20.8 Å². The monoisotopic (exact) mass is 320 g/mol. The second-order valence-electron chi connectivity index (χ2n) is 4.99. The maximum atomic E-state index is 12.0. The molecule has 0 radical (unpaired) electrons. The number of rotatable bonds is 4. The molecule has 116 valence electrons. The molecule has 1 atom stereocenters. The normalized spacial score (nSPS) is 13.3. The minimum Gasteiger partial charge on any atom is -0.395 e. The van der Waals surface area contributed by atoms with E-state index in [4.69, 9.17) is 4.52 Å². The highest BCUT2D eigenvalue weighted by atomic mass is 31.2. The molecule has 1 unspecified atom stereocenters. The fourth-order valence-electron chi connectivity index (χ4n) is 1.94. The summed E-state index contributed by atoms with van der Waals surface area (Å²) in [5.41, 5.74) is 3.09. The van der Waals surface area contributed by atoms with Crippen LogP contribution in [0.15, 0.2) is 42.5 Å². The summed E-state index contributed by atoms with van der Waals surface area (Å²) in [6.07, 6.45) is 0. The summed E-state index contributed by atoms with van der Waals surface area (Å²) in [5, 5.41) is 0. The predicted molar refractivity (Wildman–Crippen MR) is 83.0 cm³/mol. The molecule has 0 aliphatic rings. The number of aryl methyl sites for hydroxylation is 2. The maximum Gasteiger partial charge on any atom is 0.587 e. The van der Waals surface area contributed by atoms with Gasteiger partial charge in [-0.3, -0.25) is 4.89 Å². The molecular formula is C16H17O5P. The minimum atomic E-state index is -4.53. The molecule has 0 fully saturated rings.